The largest absolute Gasteiger partial charge is 2.00 e. The van der Waals surface area contributed by atoms with Gasteiger partial charge >= 0.3 is 49.0 Å². The fraction of sp³-hybridized carbons (Fsp3) is 0.500. The van der Waals surface area contributed by atoms with Crippen LogP contribution in [0, 0.1) is 0 Å². The smallest absolute Gasteiger partial charge is 0.547 e. The first-order valence-electron chi connectivity index (χ1n) is 2.24. The van der Waals surface area contributed by atoms with Crippen LogP contribution in [0.5, 0.6) is 0 Å². The summed E-state index contributed by atoms with van der Waals surface area (Å²) in [6.07, 6.45) is -4.88. The Bertz CT molecular complexity index is 144. The summed E-state index contributed by atoms with van der Waals surface area (Å²) in [6.45, 7) is 0. The summed E-state index contributed by atoms with van der Waals surface area (Å²) in [7, 11) is 0. The van der Waals surface area contributed by atoms with Gasteiger partial charge in [-0.1, -0.05) is 0 Å². The van der Waals surface area contributed by atoms with Gasteiger partial charge in [-0.25, -0.2) is 0 Å². The van der Waals surface area contributed by atoms with Gasteiger partial charge in [-0.2, -0.15) is 0 Å². The predicted octanol–water partition coefficient (Wildman–Crippen LogP) is -7.79. The molecule has 0 aromatic carbocycles. The quantitative estimate of drug-likeness (QED) is 0.470. The molecule has 0 aliphatic heterocycles. The van der Waals surface area contributed by atoms with Crippen LogP contribution in [0.2, 0.25) is 0 Å². The molecule has 2 N–H and O–H groups in total. The van der Waals surface area contributed by atoms with E-state index in [1.54, 1.807) is 0 Å². The van der Waals surface area contributed by atoms with Gasteiger partial charge < -0.3 is 30.0 Å². The molecule has 0 radical (unpaired) electrons. The van der Waals surface area contributed by atoms with Gasteiger partial charge in [0.25, 0.3) is 0 Å². The van der Waals surface area contributed by atoms with Crippen molar-refractivity contribution < 1.29 is 79.1 Å². The van der Waals surface area contributed by atoms with Gasteiger partial charge in [-0.05, 0) is 0 Å². The first-order valence-corrected chi connectivity index (χ1v) is 2.24. The Morgan fingerprint density at radius 3 is 1.25 bits per heavy atom. The van der Waals surface area contributed by atoms with Crippen LogP contribution in [0.25, 0.3) is 0 Å². The monoisotopic (exact) mass is 235 g/mol. The van der Waals surface area contributed by atoms with Gasteiger partial charge in [0.15, 0.2) is 0 Å². The summed E-state index contributed by atoms with van der Waals surface area (Å²) in [6, 6.07) is 0. The molecular formula is C4H4NaO6Zn+. The molecule has 0 aromatic heterocycles. The molecule has 0 aliphatic carbocycles. The van der Waals surface area contributed by atoms with Crippen molar-refractivity contribution in [3.8, 4) is 0 Å². The van der Waals surface area contributed by atoms with Crippen molar-refractivity contribution in [2.75, 3.05) is 0 Å². The maximum absolute atomic E-state index is 9.63. The summed E-state index contributed by atoms with van der Waals surface area (Å²) in [5.74, 6) is -4.12. The molecule has 0 bridgehead atoms. The first kappa shape index (κ1) is 18.3. The van der Waals surface area contributed by atoms with Crippen LogP contribution in [0.1, 0.15) is 0 Å². The van der Waals surface area contributed by atoms with Gasteiger partial charge in [0.05, 0.1) is 11.9 Å². The molecule has 0 fully saturated rings. The van der Waals surface area contributed by atoms with Gasteiger partial charge in [0.2, 0.25) is 0 Å². The average Bonchev–Trinajstić information content (AvgIpc) is 1.84. The molecule has 0 aromatic rings. The Balaban J connectivity index is -0.000000405. The number of carbonyl (C=O) groups is 2. The second kappa shape index (κ2) is 8.10. The maximum atomic E-state index is 9.63. The van der Waals surface area contributed by atoms with E-state index in [-0.39, 0.29) is 49.0 Å². The number of aliphatic hydroxyl groups is 2. The molecule has 8 heteroatoms. The van der Waals surface area contributed by atoms with Crippen LogP contribution < -0.4 is 39.8 Å². The SMILES string of the molecule is O=C([O-])C(O)C(O)C(=O)[O-].[Na+].[Zn+2]. The Hall–Kier alpha value is 0.483. The molecule has 58 valence electrons. The molecule has 6 nitrogen and oxygen atoms in total. The van der Waals surface area contributed by atoms with E-state index in [0.29, 0.717) is 0 Å². The number of carboxylic acid groups (broad SMARTS) is 2. The molecule has 0 saturated heterocycles. The zero-order valence-corrected chi connectivity index (χ0v) is 11.4. The minimum atomic E-state index is -2.44. The molecule has 0 saturated carbocycles. The molecule has 2 atom stereocenters. The maximum Gasteiger partial charge on any atom is 2.00 e. The minimum absolute atomic E-state index is 0. The Morgan fingerprint density at radius 1 is 1.00 bits per heavy atom. The Labute approximate surface area is 103 Å². The minimum Gasteiger partial charge on any atom is -0.547 e. The van der Waals surface area contributed by atoms with Crippen molar-refractivity contribution in [3.05, 3.63) is 0 Å². The Morgan fingerprint density at radius 2 is 1.17 bits per heavy atom. The van der Waals surface area contributed by atoms with Gasteiger partial charge in [-0.15, -0.1) is 0 Å². The van der Waals surface area contributed by atoms with Crippen molar-refractivity contribution in [3.63, 3.8) is 0 Å². The predicted molar refractivity (Wildman–Crippen MR) is 22.0 cm³/mol. The van der Waals surface area contributed by atoms with Crippen molar-refractivity contribution >= 4 is 11.9 Å². The zero-order valence-electron chi connectivity index (χ0n) is 6.39. The number of rotatable bonds is 3. The van der Waals surface area contributed by atoms with Gasteiger partial charge in [0, 0.05) is 0 Å². The normalized spacial score (nSPS) is 13.2. The third-order valence-corrected chi connectivity index (χ3v) is 0.782. The van der Waals surface area contributed by atoms with E-state index in [4.69, 9.17) is 10.2 Å². The van der Waals surface area contributed by atoms with Crippen LogP contribution in [-0.4, -0.2) is 34.4 Å². The molecule has 0 amide bonds. The fourth-order valence-corrected chi connectivity index (χ4v) is 0.258. The number of carbonyl (C=O) groups excluding carboxylic acids is 2. The standard InChI is InChI=1S/C4H6O6.Na.Zn/c5-1(3(7)8)2(6)4(9)10;;/h1-2,5-6H,(H,7,8)(H,9,10);;/q;+1;+2/p-2. The summed E-state index contributed by atoms with van der Waals surface area (Å²) >= 11 is 0. The number of hydrogen-bond donors (Lipinski definition) is 2. The van der Waals surface area contributed by atoms with E-state index in [1.807, 2.05) is 0 Å². The van der Waals surface area contributed by atoms with Crippen molar-refractivity contribution in [1.82, 2.24) is 0 Å². The van der Waals surface area contributed by atoms with E-state index < -0.39 is 24.1 Å². The second-order valence-electron chi connectivity index (χ2n) is 1.53. The van der Waals surface area contributed by atoms with E-state index in [2.05, 4.69) is 0 Å². The third kappa shape index (κ3) is 6.05. The van der Waals surface area contributed by atoms with E-state index in [9.17, 15) is 19.8 Å². The van der Waals surface area contributed by atoms with Crippen LogP contribution in [0.3, 0.4) is 0 Å². The van der Waals surface area contributed by atoms with E-state index in [0.717, 1.165) is 0 Å². The molecule has 2 unspecified atom stereocenters. The molecular weight excluding hydrogens is 232 g/mol. The van der Waals surface area contributed by atoms with Crippen LogP contribution in [0.4, 0.5) is 0 Å². The zero-order chi connectivity index (χ0) is 8.31. The fourth-order valence-electron chi connectivity index (χ4n) is 0.258. The van der Waals surface area contributed by atoms with Gasteiger partial charge in [-0.3, -0.25) is 0 Å². The average molecular weight is 236 g/mol. The summed E-state index contributed by atoms with van der Waals surface area (Å²) in [5.41, 5.74) is 0. The molecule has 0 heterocycles. The molecule has 0 spiro atoms. The van der Waals surface area contributed by atoms with Crippen LogP contribution in [0.15, 0.2) is 0 Å². The number of carboxylic acids is 2. The third-order valence-electron chi connectivity index (χ3n) is 0.782. The number of hydrogen-bond acceptors (Lipinski definition) is 6. The number of aliphatic carboxylic acids is 2. The molecule has 0 rings (SSSR count). The molecule has 0 aliphatic rings. The van der Waals surface area contributed by atoms with Crippen molar-refractivity contribution in [2.45, 2.75) is 12.2 Å². The topological polar surface area (TPSA) is 121 Å². The van der Waals surface area contributed by atoms with E-state index in [1.165, 1.54) is 0 Å². The summed E-state index contributed by atoms with van der Waals surface area (Å²) < 4.78 is 0. The Kier molecular flexibility index (Phi) is 12.4. The van der Waals surface area contributed by atoms with E-state index >= 15 is 0 Å². The number of aliphatic hydroxyl groups excluding tert-OH is 2. The van der Waals surface area contributed by atoms with Crippen LogP contribution in [-0.2, 0) is 29.1 Å². The van der Waals surface area contributed by atoms with Crippen LogP contribution >= 0.6 is 0 Å². The molecule has 12 heavy (non-hydrogen) atoms. The van der Waals surface area contributed by atoms with Crippen molar-refractivity contribution in [2.24, 2.45) is 0 Å². The van der Waals surface area contributed by atoms with Gasteiger partial charge in [0.1, 0.15) is 12.2 Å². The van der Waals surface area contributed by atoms with Crippen molar-refractivity contribution in [1.29, 1.82) is 0 Å². The second-order valence-corrected chi connectivity index (χ2v) is 1.53. The summed E-state index contributed by atoms with van der Waals surface area (Å²) in [5, 5.41) is 35.7. The summed E-state index contributed by atoms with van der Waals surface area (Å²) in [4.78, 5) is 19.3. The first-order chi connectivity index (χ1) is 4.46.